The zero-order valence-electron chi connectivity index (χ0n) is 13.9. The Morgan fingerprint density at radius 2 is 1.64 bits per heavy atom. The summed E-state index contributed by atoms with van der Waals surface area (Å²) in [6.07, 6.45) is 0. The summed E-state index contributed by atoms with van der Waals surface area (Å²) in [4.78, 5) is 15.9. The maximum Gasteiger partial charge on any atom is 0.272 e. The van der Waals surface area contributed by atoms with Crippen LogP contribution in [0, 0.1) is 6.92 Å². The number of benzene rings is 3. The Kier molecular flexibility index (Phi) is 3.82. The van der Waals surface area contributed by atoms with Gasteiger partial charge in [0.25, 0.3) is 5.91 Å². The van der Waals surface area contributed by atoms with E-state index in [4.69, 9.17) is 0 Å². The molecule has 0 fully saturated rings. The molecule has 0 spiro atoms. The monoisotopic (exact) mass is 326 g/mol. The highest BCUT2D eigenvalue weighted by molar-refractivity contribution is 6.07. The van der Waals surface area contributed by atoms with E-state index < -0.39 is 0 Å². The molecule has 0 bridgehead atoms. The van der Waals surface area contributed by atoms with Crippen LogP contribution in [-0.2, 0) is 0 Å². The number of hydrogen-bond donors (Lipinski definition) is 2. The number of aromatic amines is 1. The first kappa shape index (κ1) is 15.2. The average Bonchev–Trinajstić information content (AvgIpc) is 3.08. The molecule has 1 amide bonds. The van der Waals surface area contributed by atoms with Gasteiger partial charge in [0.15, 0.2) is 0 Å². The zero-order valence-corrected chi connectivity index (χ0v) is 13.9. The Bertz CT molecular complexity index is 1020. The average molecular weight is 326 g/mol. The van der Waals surface area contributed by atoms with E-state index in [9.17, 15) is 4.79 Å². The number of amides is 1. The van der Waals surface area contributed by atoms with E-state index in [1.54, 1.807) is 0 Å². The SMILES string of the molecule is Cc1ccc(NC(=O)c2cc3ccccc3[nH]2)c(-c2ccccc2)c1. The lowest BCUT2D eigenvalue weighted by Gasteiger charge is -2.12. The summed E-state index contributed by atoms with van der Waals surface area (Å²) in [5, 5.41) is 4.07. The maximum atomic E-state index is 12.7. The molecule has 0 aliphatic rings. The fourth-order valence-corrected chi connectivity index (χ4v) is 3.01. The lowest BCUT2D eigenvalue weighted by molar-refractivity contribution is 0.102. The predicted octanol–water partition coefficient (Wildman–Crippen LogP) is 5.40. The third kappa shape index (κ3) is 3.04. The molecule has 25 heavy (non-hydrogen) atoms. The van der Waals surface area contributed by atoms with Crippen LogP contribution in [0.25, 0.3) is 22.0 Å². The number of nitrogens with one attached hydrogen (secondary N) is 2. The van der Waals surface area contributed by atoms with Gasteiger partial charge < -0.3 is 10.3 Å². The van der Waals surface area contributed by atoms with E-state index in [0.717, 1.165) is 33.3 Å². The van der Waals surface area contributed by atoms with Crippen molar-refractivity contribution in [2.75, 3.05) is 5.32 Å². The molecular weight excluding hydrogens is 308 g/mol. The predicted molar refractivity (Wildman–Crippen MR) is 103 cm³/mol. The Morgan fingerprint density at radius 3 is 2.44 bits per heavy atom. The van der Waals surface area contributed by atoms with Crippen molar-refractivity contribution < 1.29 is 4.79 Å². The van der Waals surface area contributed by atoms with Crippen LogP contribution in [0.2, 0.25) is 0 Å². The molecule has 0 unspecified atom stereocenters. The third-order valence-corrected chi connectivity index (χ3v) is 4.28. The molecule has 0 saturated heterocycles. The van der Waals surface area contributed by atoms with Gasteiger partial charge in [0, 0.05) is 22.2 Å². The van der Waals surface area contributed by atoms with Crippen LogP contribution in [-0.4, -0.2) is 10.9 Å². The van der Waals surface area contributed by atoms with Gasteiger partial charge in [0.2, 0.25) is 0 Å². The van der Waals surface area contributed by atoms with E-state index in [1.165, 1.54) is 0 Å². The molecular formula is C22H18N2O. The molecule has 4 rings (SSSR count). The molecule has 2 N–H and O–H groups in total. The number of H-pyrrole nitrogens is 1. The summed E-state index contributed by atoms with van der Waals surface area (Å²) < 4.78 is 0. The standard InChI is InChI=1S/C22H18N2O/c1-15-11-12-20(18(13-15)16-7-3-2-4-8-16)24-22(25)21-14-17-9-5-6-10-19(17)23-21/h2-14,23H,1H3,(H,24,25). The summed E-state index contributed by atoms with van der Waals surface area (Å²) in [6.45, 7) is 2.05. The van der Waals surface area contributed by atoms with Crippen LogP contribution in [0.1, 0.15) is 16.1 Å². The highest BCUT2D eigenvalue weighted by Gasteiger charge is 2.13. The maximum absolute atomic E-state index is 12.7. The van der Waals surface area contributed by atoms with E-state index in [1.807, 2.05) is 72.8 Å². The van der Waals surface area contributed by atoms with Gasteiger partial charge in [-0.15, -0.1) is 0 Å². The molecule has 122 valence electrons. The molecule has 3 heteroatoms. The van der Waals surface area contributed by atoms with Crippen molar-refractivity contribution in [3.63, 3.8) is 0 Å². The van der Waals surface area contributed by atoms with Crippen molar-refractivity contribution in [3.05, 3.63) is 90.1 Å². The largest absolute Gasteiger partial charge is 0.351 e. The second kappa shape index (κ2) is 6.29. The fourth-order valence-electron chi connectivity index (χ4n) is 3.01. The Hall–Kier alpha value is -3.33. The minimum atomic E-state index is -0.141. The topological polar surface area (TPSA) is 44.9 Å². The van der Waals surface area contributed by atoms with Crippen molar-refractivity contribution in [3.8, 4) is 11.1 Å². The van der Waals surface area contributed by atoms with Crippen LogP contribution in [0.15, 0.2) is 78.9 Å². The van der Waals surface area contributed by atoms with Gasteiger partial charge in [-0.2, -0.15) is 0 Å². The lowest BCUT2D eigenvalue weighted by atomic mass is 10.0. The molecule has 0 saturated carbocycles. The zero-order chi connectivity index (χ0) is 17.2. The van der Waals surface area contributed by atoms with Crippen molar-refractivity contribution in [1.29, 1.82) is 0 Å². The highest BCUT2D eigenvalue weighted by Crippen LogP contribution is 2.29. The smallest absolute Gasteiger partial charge is 0.272 e. The van der Waals surface area contributed by atoms with Gasteiger partial charge >= 0.3 is 0 Å². The van der Waals surface area contributed by atoms with E-state index in [-0.39, 0.29) is 5.91 Å². The number of hydrogen-bond acceptors (Lipinski definition) is 1. The molecule has 0 aliphatic carbocycles. The van der Waals surface area contributed by atoms with Crippen LogP contribution in [0.3, 0.4) is 0 Å². The summed E-state index contributed by atoms with van der Waals surface area (Å²) in [5.41, 5.74) is 5.58. The first-order chi connectivity index (χ1) is 12.2. The van der Waals surface area contributed by atoms with E-state index in [2.05, 4.69) is 23.3 Å². The lowest BCUT2D eigenvalue weighted by Crippen LogP contribution is -2.13. The number of aromatic nitrogens is 1. The van der Waals surface area contributed by atoms with Crippen LogP contribution < -0.4 is 5.32 Å². The summed E-state index contributed by atoms with van der Waals surface area (Å²) in [6, 6.07) is 25.9. The summed E-state index contributed by atoms with van der Waals surface area (Å²) in [7, 11) is 0. The number of carbonyl (C=O) groups is 1. The third-order valence-electron chi connectivity index (χ3n) is 4.28. The molecule has 4 aromatic rings. The van der Waals surface area contributed by atoms with Gasteiger partial charge in [0.05, 0.1) is 0 Å². The first-order valence-electron chi connectivity index (χ1n) is 8.26. The molecule has 0 radical (unpaired) electrons. The molecule has 0 aliphatic heterocycles. The fraction of sp³-hybridized carbons (Fsp3) is 0.0455. The minimum Gasteiger partial charge on any atom is -0.351 e. The normalized spacial score (nSPS) is 10.8. The molecule has 0 atom stereocenters. The highest BCUT2D eigenvalue weighted by atomic mass is 16.1. The van der Waals surface area contributed by atoms with E-state index in [0.29, 0.717) is 5.69 Å². The molecule has 3 nitrogen and oxygen atoms in total. The summed E-state index contributed by atoms with van der Waals surface area (Å²) in [5.74, 6) is -0.141. The Morgan fingerprint density at radius 1 is 0.880 bits per heavy atom. The van der Waals surface area contributed by atoms with Crippen LogP contribution in [0.5, 0.6) is 0 Å². The van der Waals surface area contributed by atoms with Crippen molar-refractivity contribution in [2.45, 2.75) is 6.92 Å². The van der Waals surface area contributed by atoms with Gasteiger partial charge in [-0.1, -0.05) is 60.2 Å². The van der Waals surface area contributed by atoms with Gasteiger partial charge in [-0.3, -0.25) is 4.79 Å². The second-order valence-corrected chi connectivity index (χ2v) is 6.14. The van der Waals surface area contributed by atoms with E-state index >= 15 is 0 Å². The molecule has 3 aromatic carbocycles. The van der Waals surface area contributed by atoms with Crippen molar-refractivity contribution in [2.24, 2.45) is 0 Å². The number of aryl methyl sites for hydroxylation is 1. The number of fused-ring (bicyclic) bond motifs is 1. The molecule has 1 heterocycles. The molecule has 1 aromatic heterocycles. The van der Waals surface area contributed by atoms with Gasteiger partial charge in [-0.25, -0.2) is 0 Å². The van der Waals surface area contributed by atoms with Crippen LogP contribution >= 0.6 is 0 Å². The quantitative estimate of drug-likeness (QED) is 0.520. The Balaban J connectivity index is 1.69. The Labute approximate surface area is 146 Å². The van der Waals surface area contributed by atoms with Gasteiger partial charge in [-0.05, 0) is 36.8 Å². The van der Waals surface area contributed by atoms with Crippen molar-refractivity contribution in [1.82, 2.24) is 4.98 Å². The van der Waals surface area contributed by atoms with Crippen molar-refractivity contribution >= 4 is 22.5 Å². The summed E-state index contributed by atoms with van der Waals surface area (Å²) >= 11 is 0. The van der Waals surface area contributed by atoms with Crippen LogP contribution in [0.4, 0.5) is 5.69 Å². The second-order valence-electron chi connectivity index (χ2n) is 6.14. The number of carbonyl (C=O) groups excluding carboxylic acids is 1. The number of para-hydroxylation sites is 1. The van der Waals surface area contributed by atoms with Gasteiger partial charge in [0.1, 0.15) is 5.69 Å². The minimum absolute atomic E-state index is 0.141. The number of rotatable bonds is 3. The number of anilines is 1. The first-order valence-corrected chi connectivity index (χ1v) is 8.26.